The Morgan fingerprint density at radius 1 is 1.00 bits per heavy atom. The predicted molar refractivity (Wildman–Crippen MR) is 143 cm³/mol. The molecule has 2 fully saturated rings. The van der Waals surface area contributed by atoms with Crippen LogP contribution in [0.15, 0.2) is 42.5 Å². The molecule has 2 aromatic carbocycles. The lowest BCUT2D eigenvalue weighted by atomic mass is 9.66. The second-order valence-electron chi connectivity index (χ2n) is 9.62. The van der Waals surface area contributed by atoms with Crippen molar-refractivity contribution in [2.45, 2.75) is 37.6 Å². The molecule has 0 radical (unpaired) electrons. The molecule has 2 saturated heterocycles. The van der Waals surface area contributed by atoms with E-state index in [4.69, 9.17) is 34.8 Å². The Hall–Kier alpha value is -2.12. The average molecular weight is 551 g/mol. The molecule has 2 aliphatic rings. The Balaban J connectivity index is 1.77. The van der Waals surface area contributed by atoms with Gasteiger partial charge in [-0.15, -0.1) is 0 Å². The Morgan fingerprint density at radius 3 is 2.28 bits per heavy atom. The van der Waals surface area contributed by atoms with Crippen molar-refractivity contribution in [1.29, 1.82) is 0 Å². The van der Waals surface area contributed by atoms with E-state index in [1.807, 2.05) is 6.07 Å². The summed E-state index contributed by atoms with van der Waals surface area (Å²) in [5.41, 5.74) is 0.219. The summed E-state index contributed by atoms with van der Waals surface area (Å²) in [5.74, 6) is -0.785. The number of rotatable bonds is 5. The fourth-order valence-electron chi connectivity index (χ4n) is 5.63. The first-order valence-electron chi connectivity index (χ1n) is 12.1. The highest BCUT2D eigenvalue weighted by atomic mass is 35.5. The van der Waals surface area contributed by atoms with Crippen molar-refractivity contribution in [3.05, 3.63) is 68.7 Å². The van der Waals surface area contributed by atoms with E-state index in [9.17, 15) is 14.4 Å². The highest BCUT2D eigenvalue weighted by Gasteiger charge is 2.54. The molecular weight excluding hydrogens is 521 g/mol. The van der Waals surface area contributed by atoms with Crippen molar-refractivity contribution in [1.82, 2.24) is 15.1 Å². The quantitative estimate of drug-likeness (QED) is 0.565. The minimum absolute atomic E-state index is 0.0150. The van der Waals surface area contributed by atoms with E-state index in [0.717, 1.165) is 5.56 Å². The van der Waals surface area contributed by atoms with Crippen molar-refractivity contribution < 1.29 is 14.4 Å². The van der Waals surface area contributed by atoms with Crippen LogP contribution in [0.5, 0.6) is 0 Å². The van der Waals surface area contributed by atoms with Crippen LogP contribution in [0.2, 0.25) is 15.1 Å². The zero-order valence-electron chi connectivity index (χ0n) is 20.4. The van der Waals surface area contributed by atoms with Crippen LogP contribution in [0.3, 0.4) is 0 Å². The van der Waals surface area contributed by atoms with Gasteiger partial charge in [-0.25, -0.2) is 0 Å². The maximum atomic E-state index is 14.5. The van der Waals surface area contributed by atoms with Gasteiger partial charge in [0.05, 0.1) is 10.0 Å². The summed E-state index contributed by atoms with van der Waals surface area (Å²) in [6.07, 6.45) is 1.61. The second kappa shape index (κ2) is 11.1. The molecular formula is C27H30Cl3N3O3. The lowest BCUT2D eigenvalue weighted by molar-refractivity contribution is -0.140. The number of Topliss-reactive ketones (excluding diaryl/α,β-unsaturated/α-hetero) is 1. The van der Waals surface area contributed by atoms with Gasteiger partial charge in [0.2, 0.25) is 5.91 Å². The van der Waals surface area contributed by atoms with Crippen LogP contribution in [-0.2, 0) is 9.59 Å². The third-order valence-corrected chi connectivity index (χ3v) is 8.68. The molecule has 4 rings (SSSR count). The van der Waals surface area contributed by atoms with Crippen LogP contribution in [-0.4, -0.2) is 66.2 Å². The van der Waals surface area contributed by atoms with E-state index in [1.54, 1.807) is 60.2 Å². The van der Waals surface area contributed by atoms with Gasteiger partial charge < -0.3 is 15.1 Å². The molecule has 2 amide bonds. The maximum Gasteiger partial charge on any atom is 0.254 e. The summed E-state index contributed by atoms with van der Waals surface area (Å²) in [6, 6.07) is 12.1. The van der Waals surface area contributed by atoms with Crippen molar-refractivity contribution in [2.75, 3.05) is 33.2 Å². The molecule has 192 valence electrons. The predicted octanol–water partition coefficient (Wildman–Crippen LogP) is 5.06. The fourth-order valence-corrected chi connectivity index (χ4v) is 6.06. The molecule has 2 aromatic rings. The summed E-state index contributed by atoms with van der Waals surface area (Å²) in [4.78, 5) is 43.6. The maximum absolute atomic E-state index is 14.5. The van der Waals surface area contributed by atoms with E-state index in [2.05, 4.69) is 5.32 Å². The Morgan fingerprint density at radius 2 is 1.67 bits per heavy atom. The van der Waals surface area contributed by atoms with Crippen LogP contribution in [0.4, 0.5) is 0 Å². The fraction of sp³-hybridized carbons (Fsp3) is 0.444. The van der Waals surface area contributed by atoms with Gasteiger partial charge in [0, 0.05) is 56.0 Å². The van der Waals surface area contributed by atoms with Crippen molar-refractivity contribution >= 4 is 52.4 Å². The third-order valence-electron chi connectivity index (χ3n) is 7.69. The molecule has 2 atom stereocenters. The van der Waals surface area contributed by atoms with Gasteiger partial charge in [-0.1, -0.05) is 40.9 Å². The number of hydrogen-bond donors (Lipinski definition) is 1. The van der Waals surface area contributed by atoms with Gasteiger partial charge >= 0.3 is 0 Å². The Kier molecular flexibility index (Phi) is 8.30. The Labute approximate surface area is 226 Å². The number of likely N-dealkylation sites (N-methyl/N-ethyl adjacent to an activating group) is 1. The summed E-state index contributed by atoms with van der Waals surface area (Å²) < 4.78 is 0. The summed E-state index contributed by atoms with van der Waals surface area (Å²) in [5, 5.41) is 4.78. The number of nitrogens with zero attached hydrogens (tertiary/aromatic N) is 2. The molecule has 1 N–H and O–H groups in total. The minimum Gasteiger partial charge on any atom is -0.343 e. The number of halogens is 3. The number of piperidine rings is 2. The first-order chi connectivity index (χ1) is 17.1. The molecule has 0 bridgehead atoms. The topological polar surface area (TPSA) is 69.7 Å². The van der Waals surface area contributed by atoms with Gasteiger partial charge in [0.15, 0.2) is 5.78 Å². The molecule has 0 aliphatic carbocycles. The third kappa shape index (κ3) is 5.14. The second-order valence-corrected chi connectivity index (χ2v) is 10.9. The van der Waals surface area contributed by atoms with Gasteiger partial charge in [0.1, 0.15) is 5.54 Å². The smallest absolute Gasteiger partial charge is 0.254 e. The number of carbonyl (C=O) groups is 3. The van der Waals surface area contributed by atoms with E-state index in [0.29, 0.717) is 66.1 Å². The zero-order chi connectivity index (χ0) is 26.0. The van der Waals surface area contributed by atoms with Crippen molar-refractivity contribution in [3.8, 4) is 0 Å². The standard InChI is InChI=1S/C27H30Cl3N3O3/c1-17(34)33-13-9-18(10-14-33)25(35)27(32(2)26(36)19-3-6-21(28)7-4-19)11-12-31-16-22(27)20-5-8-23(29)24(30)15-20/h3-8,15,18,22,31H,9-14,16H2,1-2H3/t22-,27+/m0/s1. The number of amides is 2. The number of carbonyl (C=O) groups excluding carboxylic acids is 3. The van der Waals surface area contributed by atoms with E-state index < -0.39 is 5.54 Å². The molecule has 36 heavy (non-hydrogen) atoms. The molecule has 0 saturated carbocycles. The van der Waals surface area contributed by atoms with Gasteiger partial charge in [-0.05, 0) is 67.8 Å². The van der Waals surface area contributed by atoms with Crippen LogP contribution in [0.25, 0.3) is 0 Å². The molecule has 2 heterocycles. The van der Waals surface area contributed by atoms with Crippen molar-refractivity contribution in [3.63, 3.8) is 0 Å². The van der Waals surface area contributed by atoms with E-state index in [-0.39, 0.29) is 29.4 Å². The molecule has 0 unspecified atom stereocenters. The van der Waals surface area contributed by atoms with Crippen LogP contribution in [0, 0.1) is 5.92 Å². The first-order valence-corrected chi connectivity index (χ1v) is 13.3. The summed E-state index contributed by atoms with van der Waals surface area (Å²) in [7, 11) is 1.72. The summed E-state index contributed by atoms with van der Waals surface area (Å²) in [6.45, 7) is 3.72. The summed E-state index contributed by atoms with van der Waals surface area (Å²) >= 11 is 18.6. The number of benzene rings is 2. The van der Waals surface area contributed by atoms with Crippen molar-refractivity contribution in [2.24, 2.45) is 5.92 Å². The number of nitrogens with one attached hydrogen (secondary N) is 1. The number of ketones is 1. The van der Waals surface area contributed by atoms with Crippen LogP contribution >= 0.6 is 34.8 Å². The van der Waals surface area contributed by atoms with Gasteiger partial charge in [0.25, 0.3) is 5.91 Å². The normalized spacial score (nSPS) is 22.8. The van der Waals surface area contributed by atoms with Gasteiger partial charge in [-0.2, -0.15) is 0 Å². The Bertz CT molecular complexity index is 1150. The molecule has 9 heteroatoms. The average Bonchev–Trinajstić information content (AvgIpc) is 2.89. The lowest BCUT2D eigenvalue weighted by Crippen LogP contribution is -2.66. The largest absolute Gasteiger partial charge is 0.343 e. The molecule has 0 spiro atoms. The monoisotopic (exact) mass is 549 g/mol. The van der Waals surface area contributed by atoms with Crippen LogP contribution in [0.1, 0.15) is 48.0 Å². The zero-order valence-corrected chi connectivity index (χ0v) is 22.7. The van der Waals surface area contributed by atoms with E-state index >= 15 is 0 Å². The number of likely N-dealkylation sites (tertiary alicyclic amines) is 1. The highest BCUT2D eigenvalue weighted by Crippen LogP contribution is 2.43. The molecule has 0 aromatic heterocycles. The van der Waals surface area contributed by atoms with Gasteiger partial charge in [-0.3, -0.25) is 14.4 Å². The molecule has 2 aliphatic heterocycles. The van der Waals surface area contributed by atoms with Crippen LogP contribution < -0.4 is 5.32 Å². The first kappa shape index (κ1) is 26.9. The molecule has 6 nitrogen and oxygen atoms in total. The number of hydrogen-bond acceptors (Lipinski definition) is 4. The SMILES string of the molecule is CC(=O)N1CCC(C(=O)[C@@]2(N(C)C(=O)c3ccc(Cl)cc3)CCNC[C@H]2c2ccc(Cl)c(Cl)c2)CC1. The minimum atomic E-state index is -1.10. The van der Waals surface area contributed by atoms with E-state index in [1.165, 1.54) is 0 Å². The lowest BCUT2D eigenvalue weighted by Gasteiger charge is -2.51. The highest BCUT2D eigenvalue weighted by molar-refractivity contribution is 6.42.